The normalized spacial score (nSPS) is 13.1. The molecular weight excluding hydrogens is 299 g/mol. The van der Waals surface area contributed by atoms with Crippen LogP contribution in [0.25, 0.3) is 0 Å². The number of rotatable bonds is 5. The Bertz CT molecular complexity index is 296. The zero-order chi connectivity index (χ0) is 11.3. The van der Waals surface area contributed by atoms with Crippen LogP contribution in [-0.4, -0.2) is 5.11 Å². The van der Waals surface area contributed by atoms with Crippen LogP contribution in [0, 0.1) is 9.49 Å². The van der Waals surface area contributed by atoms with Gasteiger partial charge in [0.25, 0.3) is 0 Å². The summed E-state index contributed by atoms with van der Waals surface area (Å²) in [5, 5.41) is 10.0. The van der Waals surface area contributed by atoms with Crippen molar-refractivity contribution >= 4 is 22.6 Å². The Morgan fingerprint density at radius 1 is 1.20 bits per heavy atom. The molecule has 0 bridgehead atoms. The summed E-state index contributed by atoms with van der Waals surface area (Å²) in [6, 6.07) is 8.05. The fourth-order valence-electron chi connectivity index (χ4n) is 1.62. The number of aliphatic hydroxyl groups excluding tert-OH is 1. The van der Waals surface area contributed by atoms with Crippen molar-refractivity contribution in [2.45, 2.75) is 39.2 Å². The predicted molar refractivity (Wildman–Crippen MR) is 72.8 cm³/mol. The van der Waals surface area contributed by atoms with E-state index >= 15 is 0 Å². The summed E-state index contributed by atoms with van der Waals surface area (Å²) in [6.45, 7) is 4.44. The molecule has 1 aromatic rings. The van der Waals surface area contributed by atoms with Gasteiger partial charge in [0.05, 0.1) is 6.10 Å². The van der Waals surface area contributed by atoms with Crippen molar-refractivity contribution < 1.29 is 5.11 Å². The van der Waals surface area contributed by atoms with Crippen LogP contribution < -0.4 is 0 Å². The molecule has 1 nitrogen and oxygen atoms in total. The Balaban J connectivity index is 2.47. The summed E-state index contributed by atoms with van der Waals surface area (Å²) in [7, 11) is 0. The third-order valence-electron chi connectivity index (χ3n) is 2.52. The molecule has 0 aromatic heterocycles. The highest BCUT2D eigenvalue weighted by molar-refractivity contribution is 14.1. The van der Waals surface area contributed by atoms with Gasteiger partial charge in [0.1, 0.15) is 0 Å². The summed E-state index contributed by atoms with van der Waals surface area (Å²) >= 11 is 2.28. The van der Waals surface area contributed by atoms with Gasteiger partial charge in [-0.25, -0.2) is 0 Å². The highest BCUT2D eigenvalue weighted by Crippen LogP contribution is 2.24. The molecule has 0 radical (unpaired) electrons. The lowest BCUT2D eigenvalue weighted by Crippen LogP contribution is -2.00. The third-order valence-corrected chi connectivity index (χ3v) is 3.51. The van der Waals surface area contributed by atoms with Crippen LogP contribution in [0.1, 0.15) is 44.8 Å². The molecule has 2 heteroatoms. The van der Waals surface area contributed by atoms with E-state index in [1.807, 2.05) is 24.3 Å². The molecule has 0 fully saturated rings. The van der Waals surface area contributed by atoms with Crippen molar-refractivity contribution in [3.05, 3.63) is 33.4 Å². The molecule has 0 spiro atoms. The third kappa shape index (κ3) is 4.51. The first-order valence-corrected chi connectivity index (χ1v) is 6.61. The minimum atomic E-state index is -0.295. The van der Waals surface area contributed by atoms with Crippen LogP contribution in [0.5, 0.6) is 0 Å². The number of aliphatic hydroxyl groups is 1. The van der Waals surface area contributed by atoms with Crippen LogP contribution in [0.3, 0.4) is 0 Å². The van der Waals surface area contributed by atoms with E-state index in [0.717, 1.165) is 27.9 Å². The smallest absolute Gasteiger partial charge is 0.0800 e. The molecule has 1 N–H and O–H groups in total. The lowest BCUT2D eigenvalue weighted by molar-refractivity contribution is 0.161. The average Bonchev–Trinajstić information content (AvgIpc) is 2.17. The fourth-order valence-corrected chi connectivity index (χ4v) is 2.37. The van der Waals surface area contributed by atoms with Crippen LogP contribution in [0.4, 0.5) is 0 Å². The monoisotopic (exact) mass is 318 g/mol. The summed E-state index contributed by atoms with van der Waals surface area (Å²) in [4.78, 5) is 0. The van der Waals surface area contributed by atoms with Crippen molar-refractivity contribution in [3.8, 4) is 0 Å². The van der Waals surface area contributed by atoms with Gasteiger partial charge in [-0.05, 0) is 46.6 Å². The zero-order valence-electron chi connectivity index (χ0n) is 9.41. The summed E-state index contributed by atoms with van der Waals surface area (Å²) < 4.78 is 1.16. The lowest BCUT2D eigenvalue weighted by Gasteiger charge is -2.13. The minimum absolute atomic E-state index is 0.295. The van der Waals surface area contributed by atoms with Crippen molar-refractivity contribution in [1.82, 2.24) is 0 Å². The Hall–Kier alpha value is -0.0900. The molecule has 1 aromatic carbocycles. The van der Waals surface area contributed by atoms with Gasteiger partial charge in [0, 0.05) is 3.57 Å². The molecule has 15 heavy (non-hydrogen) atoms. The van der Waals surface area contributed by atoms with Gasteiger partial charge in [0.15, 0.2) is 0 Å². The summed E-state index contributed by atoms with van der Waals surface area (Å²) in [6.07, 6.45) is 2.87. The molecule has 0 amide bonds. The number of hydrogen-bond acceptors (Lipinski definition) is 1. The molecule has 0 heterocycles. The van der Waals surface area contributed by atoms with Gasteiger partial charge in [-0.2, -0.15) is 0 Å². The van der Waals surface area contributed by atoms with E-state index in [1.54, 1.807) is 0 Å². The SMILES string of the molecule is CC(C)CCCC(O)c1ccccc1I. The van der Waals surface area contributed by atoms with E-state index < -0.39 is 0 Å². The number of halogens is 1. The second kappa shape index (κ2) is 6.48. The van der Waals surface area contributed by atoms with Crippen LogP contribution >= 0.6 is 22.6 Å². The van der Waals surface area contributed by atoms with E-state index in [2.05, 4.69) is 36.4 Å². The number of hydrogen-bond donors (Lipinski definition) is 1. The average molecular weight is 318 g/mol. The maximum Gasteiger partial charge on any atom is 0.0800 e. The van der Waals surface area contributed by atoms with E-state index in [4.69, 9.17) is 0 Å². The van der Waals surface area contributed by atoms with E-state index in [9.17, 15) is 5.11 Å². The molecule has 0 saturated carbocycles. The maximum atomic E-state index is 10.0. The second-order valence-corrected chi connectivity index (χ2v) is 5.52. The zero-order valence-corrected chi connectivity index (χ0v) is 11.6. The predicted octanol–water partition coefficient (Wildman–Crippen LogP) is 4.15. The fraction of sp³-hybridized carbons (Fsp3) is 0.538. The van der Waals surface area contributed by atoms with Gasteiger partial charge in [0.2, 0.25) is 0 Å². The maximum absolute atomic E-state index is 10.0. The highest BCUT2D eigenvalue weighted by atomic mass is 127. The van der Waals surface area contributed by atoms with Crippen LogP contribution in [-0.2, 0) is 0 Å². The molecule has 84 valence electrons. The van der Waals surface area contributed by atoms with E-state index in [0.29, 0.717) is 0 Å². The Labute approximate surface area is 106 Å². The standard InChI is InChI=1S/C13H19IO/c1-10(2)6-5-9-13(15)11-7-3-4-8-12(11)14/h3-4,7-8,10,13,15H,5-6,9H2,1-2H3. The Morgan fingerprint density at radius 3 is 2.47 bits per heavy atom. The molecule has 1 atom stereocenters. The van der Waals surface area contributed by atoms with Crippen LogP contribution in [0.15, 0.2) is 24.3 Å². The van der Waals surface area contributed by atoms with E-state index in [-0.39, 0.29) is 6.10 Å². The Morgan fingerprint density at radius 2 is 1.87 bits per heavy atom. The lowest BCUT2D eigenvalue weighted by atomic mass is 10.0. The summed E-state index contributed by atoms with van der Waals surface area (Å²) in [5.41, 5.74) is 1.07. The quantitative estimate of drug-likeness (QED) is 0.809. The number of benzene rings is 1. The highest BCUT2D eigenvalue weighted by Gasteiger charge is 2.10. The first-order valence-electron chi connectivity index (χ1n) is 5.53. The molecule has 0 aliphatic heterocycles. The van der Waals surface area contributed by atoms with Crippen molar-refractivity contribution in [2.24, 2.45) is 5.92 Å². The molecule has 1 unspecified atom stereocenters. The van der Waals surface area contributed by atoms with Crippen molar-refractivity contribution in [2.75, 3.05) is 0 Å². The van der Waals surface area contributed by atoms with Crippen LogP contribution in [0.2, 0.25) is 0 Å². The van der Waals surface area contributed by atoms with Gasteiger partial charge >= 0.3 is 0 Å². The van der Waals surface area contributed by atoms with Gasteiger partial charge in [-0.15, -0.1) is 0 Å². The minimum Gasteiger partial charge on any atom is -0.388 e. The summed E-state index contributed by atoms with van der Waals surface area (Å²) in [5.74, 6) is 0.729. The Kier molecular flexibility index (Phi) is 5.61. The van der Waals surface area contributed by atoms with Gasteiger partial charge in [-0.1, -0.05) is 44.9 Å². The van der Waals surface area contributed by atoms with Gasteiger partial charge in [-0.3, -0.25) is 0 Å². The molecule has 1 rings (SSSR count). The van der Waals surface area contributed by atoms with E-state index in [1.165, 1.54) is 6.42 Å². The second-order valence-electron chi connectivity index (χ2n) is 4.36. The van der Waals surface area contributed by atoms with Crippen molar-refractivity contribution in [1.29, 1.82) is 0 Å². The topological polar surface area (TPSA) is 20.2 Å². The molecule has 0 saturated heterocycles. The first-order chi connectivity index (χ1) is 7.11. The van der Waals surface area contributed by atoms with Gasteiger partial charge < -0.3 is 5.11 Å². The largest absolute Gasteiger partial charge is 0.388 e. The van der Waals surface area contributed by atoms with Crippen molar-refractivity contribution in [3.63, 3.8) is 0 Å². The first kappa shape index (κ1) is 13.0. The molecule has 0 aliphatic carbocycles. The molecule has 0 aliphatic rings. The molecular formula is C13H19IO.